The summed E-state index contributed by atoms with van der Waals surface area (Å²) < 4.78 is 0. The number of nitrogens with one attached hydrogen (secondary N) is 3. The van der Waals surface area contributed by atoms with Crippen molar-refractivity contribution in [2.75, 3.05) is 6.54 Å². The topological polar surface area (TPSA) is 108 Å². The Kier molecular flexibility index (Phi) is 4.24. The average molecular weight is 229 g/mol. The predicted molar refractivity (Wildman–Crippen MR) is 54.8 cm³/mol. The molecule has 0 unspecified atom stereocenters. The molecule has 4 N–H and O–H groups in total. The van der Waals surface area contributed by atoms with Gasteiger partial charge in [0.15, 0.2) is 0 Å². The first-order chi connectivity index (χ1) is 7.49. The molecule has 0 radical (unpaired) electrons. The van der Waals surface area contributed by atoms with Gasteiger partial charge in [-0.15, -0.1) is 0 Å². The molecule has 1 rings (SSSR count). The van der Waals surface area contributed by atoms with E-state index in [1.807, 2.05) is 0 Å². The maximum absolute atomic E-state index is 11.2. The molecule has 0 saturated heterocycles. The normalized spacial score (nSPS) is 16.3. The highest BCUT2D eigenvalue weighted by Gasteiger charge is 2.23. The minimum absolute atomic E-state index is 0.179. The second-order valence-electron chi connectivity index (χ2n) is 3.74. The van der Waals surface area contributed by atoms with Crippen LogP contribution in [0.2, 0.25) is 0 Å². The van der Waals surface area contributed by atoms with Crippen molar-refractivity contribution in [1.82, 2.24) is 16.0 Å². The van der Waals surface area contributed by atoms with Gasteiger partial charge in [0.25, 0.3) is 0 Å². The van der Waals surface area contributed by atoms with Gasteiger partial charge in [-0.2, -0.15) is 0 Å². The molecular formula is C9H15N3O4. The summed E-state index contributed by atoms with van der Waals surface area (Å²) in [6.45, 7) is 1.21. The molecule has 0 bridgehead atoms. The van der Waals surface area contributed by atoms with Crippen LogP contribution in [0.25, 0.3) is 0 Å². The lowest BCUT2D eigenvalue weighted by atomic mass is 10.3. The molecule has 7 heteroatoms. The number of hydrogen-bond donors (Lipinski definition) is 4. The van der Waals surface area contributed by atoms with E-state index in [0.717, 1.165) is 12.8 Å². The minimum Gasteiger partial charge on any atom is -0.480 e. The Bertz CT molecular complexity index is 301. The van der Waals surface area contributed by atoms with Crippen molar-refractivity contribution in [3.63, 3.8) is 0 Å². The number of hydrogen-bond acceptors (Lipinski definition) is 4. The summed E-state index contributed by atoms with van der Waals surface area (Å²) in [7, 11) is 0. The van der Waals surface area contributed by atoms with Crippen molar-refractivity contribution < 1.29 is 19.5 Å². The molecule has 1 aliphatic rings. The van der Waals surface area contributed by atoms with Gasteiger partial charge in [-0.1, -0.05) is 0 Å². The number of aliphatic carboxylic acids is 1. The summed E-state index contributed by atoms with van der Waals surface area (Å²) in [6, 6.07) is -1.17. The van der Waals surface area contributed by atoms with Gasteiger partial charge in [0.05, 0.1) is 6.54 Å². The third kappa shape index (κ3) is 4.74. The maximum atomic E-state index is 11.2. The van der Waals surface area contributed by atoms with Crippen LogP contribution in [-0.4, -0.2) is 41.6 Å². The van der Waals surface area contributed by atoms with E-state index >= 15 is 0 Å². The van der Waals surface area contributed by atoms with Gasteiger partial charge in [-0.05, 0) is 19.8 Å². The summed E-state index contributed by atoms with van der Waals surface area (Å²) in [6.07, 6.45) is 1.88. The van der Waals surface area contributed by atoms with E-state index in [9.17, 15) is 14.4 Å². The Morgan fingerprint density at radius 2 is 2.00 bits per heavy atom. The molecule has 1 fully saturated rings. The van der Waals surface area contributed by atoms with Crippen molar-refractivity contribution in [2.45, 2.75) is 31.8 Å². The first-order valence-electron chi connectivity index (χ1n) is 5.05. The molecule has 0 heterocycles. The average Bonchev–Trinajstić information content (AvgIpc) is 2.97. The van der Waals surface area contributed by atoms with Gasteiger partial charge in [0, 0.05) is 6.04 Å². The summed E-state index contributed by atoms with van der Waals surface area (Å²) in [5, 5.41) is 15.7. The van der Waals surface area contributed by atoms with Crippen LogP contribution in [0.3, 0.4) is 0 Å². The minimum atomic E-state index is -1.05. The standard InChI is InChI=1S/C9H15N3O4/c1-5(8(14)15)10-4-7(13)12-9(16)11-6-2-3-6/h5-6,10H,2-4H2,1H3,(H,14,15)(H2,11,12,13,16)/t5-/m1/s1. The fraction of sp³-hybridized carbons (Fsp3) is 0.667. The molecule has 0 aromatic heterocycles. The van der Waals surface area contributed by atoms with Crippen LogP contribution in [-0.2, 0) is 9.59 Å². The molecule has 0 aliphatic heterocycles. The van der Waals surface area contributed by atoms with Crippen molar-refractivity contribution in [3.8, 4) is 0 Å². The number of carbonyl (C=O) groups is 3. The number of urea groups is 1. The molecule has 3 amide bonds. The van der Waals surface area contributed by atoms with Crippen LogP contribution in [0.15, 0.2) is 0 Å². The van der Waals surface area contributed by atoms with Crippen LogP contribution in [0.5, 0.6) is 0 Å². The summed E-state index contributed by atoms with van der Waals surface area (Å²) in [5.74, 6) is -1.60. The third-order valence-electron chi connectivity index (χ3n) is 2.10. The van der Waals surface area contributed by atoms with Crippen LogP contribution < -0.4 is 16.0 Å². The molecule has 1 atom stereocenters. The highest BCUT2D eigenvalue weighted by molar-refractivity contribution is 5.95. The molecule has 16 heavy (non-hydrogen) atoms. The first kappa shape index (κ1) is 12.4. The lowest BCUT2D eigenvalue weighted by Gasteiger charge is -2.09. The zero-order valence-electron chi connectivity index (χ0n) is 8.95. The summed E-state index contributed by atoms with van der Waals surface area (Å²) in [5.41, 5.74) is 0. The van der Waals surface area contributed by atoms with Crippen molar-refractivity contribution in [2.24, 2.45) is 0 Å². The van der Waals surface area contributed by atoms with Crippen LogP contribution in [0, 0.1) is 0 Å². The summed E-state index contributed by atoms with van der Waals surface area (Å²) in [4.78, 5) is 32.7. The molecule has 7 nitrogen and oxygen atoms in total. The number of rotatable bonds is 5. The Labute approximate surface area is 92.6 Å². The number of amides is 3. The highest BCUT2D eigenvalue weighted by atomic mass is 16.4. The Morgan fingerprint density at radius 1 is 1.38 bits per heavy atom. The smallest absolute Gasteiger partial charge is 0.321 e. The fourth-order valence-corrected chi connectivity index (χ4v) is 0.953. The summed E-state index contributed by atoms with van der Waals surface area (Å²) >= 11 is 0. The van der Waals surface area contributed by atoms with Gasteiger partial charge in [0.1, 0.15) is 6.04 Å². The number of carbonyl (C=O) groups excluding carboxylic acids is 2. The molecule has 0 spiro atoms. The largest absolute Gasteiger partial charge is 0.480 e. The SMILES string of the molecule is C[C@@H](NCC(=O)NC(=O)NC1CC1)C(=O)O. The number of imide groups is 1. The number of carboxylic acid groups (broad SMARTS) is 1. The Balaban J connectivity index is 2.14. The van der Waals surface area contributed by atoms with Gasteiger partial charge in [0.2, 0.25) is 5.91 Å². The zero-order valence-corrected chi connectivity index (χ0v) is 8.95. The lowest BCUT2D eigenvalue weighted by Crippen LogP contribution is -2.46. The maximum Gasteiger partial charge on any atom is 0.321 e. The van der Waals surface area contributed by atoms with Gasteiger partial charge < -0.3 is 10.4 Å². The van der Waals surface area contributed by atoms with E-state index in [1.54, 1.807) is 0 Å². The highest BCUT2D eigenvalue weighted by Crippen LogP contribution is 2.18. The third-order valence-corrected chi connectivity index (χ3v) is 2.10. The van der Waals surface area contributed by atoms with E-state index in [2.05, 4.69) is 16.0 Å². The lowest BCUT2D eigenvalue weighted by molar-refractivity contribution is -0.139. The van der Waals surface area contributed by atoms with Crippen LogP contribution >= 0.6 is 0 Å². The Hall–Kier alpha value is -1.63. The zero-order chi connectivity index (χ0) is 12.1. The van der Waals surface area contributed by atoms with Crippen molar-refractivity contribution in [3.05, 3.63) is 0 Å². The molecule has 0 aromatic carbocycles. The predicted octanol–water partition coefficient (Wildman–Crippen LogP) is -0.963. The fourth-order valence-electron chi connectivity index (χ4n) is 0.953. The van der Waals surface area contributed by atoms with Gasteiger partial charge >= 0.3 is 12.0 Å². The van der Waals surface area contributed by atoms with Gasteiger partial charge in [-0.3, -0.25) is 20.2 Å². The molecule has 1 saturated carbocycles. The Morgan fingerprint density at radius 3 is 2.50 bits per heavy atom. The monoisotopic (exact) mass is 229 g/mol. The second kappa shape index (κ2) is 5.45. The van der Waals surface area contributed by atoms with E-state index in [1.165, 1.54) is 6.92 Å². The number of carboxylic acids is 1. The molecular weight excluding hydrogens is 214 g/mol. The van der Waals surface area contributed by atoms with Crippen molar-refractivity contribution >= 4 is 17.9 Å². The van der Waals surface area contributed by atoms with Gasteiger partial charge in [-0.25, -0.2) is 4.79 Å². The molecule has 90 valence electrons. The van der Waals surface area contributed by atoms with E-state index in [0.29, 0.717) is 0 Å². The van der Waals surface area contributed by atoms with E-state index < -0.39 is 23.9 Å². The van der Waals surface area contributed by atoms with Crippen LogP contribution in [0.4, 0.5) is 4.79 Å². The van der Waals surface area contributed by atoms with Crippen LogP contribution in [0.1, 0.15) is 19.8 Å². The quantitative estimate of drug-likeness (QED) is 0.485. The first-order valence-corrected chi connectivity index (χ1v) is 5.05. The second-order valence-corrected chi connectivity index (χ2v) is 3.74. The van der Waals surface area contributed by atoms with Crippen molar-refractivity contribution in [1.29, 1.82) is 0 Å². The van der Waals surface area contributed by atoms with E-state index in [-0.39, 0.29) is 12.6 Å². The van der Waals surface area contributed by atoms with E-state index in [4.69, 9.17) is 5.11 Å². The molecule has 1 aliphatic carbocycles. The molecule has 0 aromatic rings.